The molecule has 4 N–H and O–H groups in total. The van der Waals surface area contributed by atoms with Crippen LogP contribution in [0.2, 0.25) is 0 Å². The molecule has 144 valence electrons. The molecule has 0 radical (unpaired) electrons. The van der Waals surface area contributed by atoms with E-state index in [1.165, 1.54) is 25.0 Å². The van der Waals surface area contributed by atoms with Gasteiger partial charge in [-0.15, -0.1) is 0 Å². The van der Waals surface area contributed by atoms with Crippen LogP contribution in [0, 0.1) is 0 Å². The van der Waals surface area contributed by atoms with E-state index in [0.29, 0.717) is 19.3 Å². The number of rotatable bonds is 15. The smallest absolute Gasteiger partial charge is 0.303 e. The van der Waals surface area contributed by atoms with Crippen molar-refractivity contribution in [3.63, 3.8) is 0 Å². The van der Waals surface area contributed by atoms with E-state index in [-0.39, 0.29) is 12.8 Å². The summed E-state index contributed by atoms with van der Waals surface area (Å²) in [7, 11) is 0. The van der Waals surface area contributed by atoms with E-state index in [0.717, 1.165) is 12.8 Å². The highest BCUT2D eigenvalue weighted by atomic mass is 16.4. The number of hydrogen-bond acceptors (Lipinski definition) is 4. The first-order valence-corrected chi connectivity index (χ1v) is 9.21. The summed E-state index contributed by atoms with van der Waals surface area (Å²) in [6.45, 7) is 2.16. The van der Waals surface area contributed by atoms with Crippen molar-refractivity contribution in [3.8, 4) is 0 Å². The lowest BCUT2D eigenvalue weighted by Gasteiger charge is -2.13. The predicted molar refractivity (Wildman–Crippen MR) is 100 cm³/mol. The Morgan fingerprint density at radius 1 is 0.880 bits per heavy atom. The highest BCUT2D eigenvalue weighted by molar-refractivity contribution is 5.66. The Labute approximate surface area is 151 Å². The van der Waals surface area contributed by atoms with Crippen LogP contribution in [-0.2, 0) is 4.79 Å². The molecule has 5 nitrogen and oxygen atoms in total. The van der Waals surface area contributed by atoms with Crippen LogP contribution in [0.3, 0.4) is 0 Å². The van der Waals surface area contributed by atoms with Gasteiger partial charge in [0.25, 0.3) is 0 Å². The van der Waals surface area contributed by atoms with Gasteiger partial charge in [-0.05, 0) is 38.5 Å². The summed E-state index contributed by atoms with van der Waals surface area (Å²) in [5, 5.41) is 38.0. The highest BCUT2D eigenvalue weighted by Crippen LogP contribution is 2.06. The van der Waals surface area contributed by atoms with Gasteiger partial charge >= 0.3 is 5.97 Å². The quantitative estimate of drug-likeness (QED) is 0.267. The minimum Gasteiger partial charge on any atom is -0.481 e. The highest BCUT2D eigenvalue weighted by Gasteiger charge is 2.11. The first-order chi connectivity index (χ1) is 12.0. The Balaban J connectivity index is 3.92. The summed E-state index contributed by atoms with van der Waals surface area (Å²) in [6, 6.07) is 0. The minimum absolute atomic E-state index is 0.128. The molecule has 0 bridgehead atoms. The Kier molecular flexibility index (Phi) is 15.1. The lowest BCUT2D eigenvalue weighted by Crippen LogP contribution is -2.23. The largest absolute Gasteiger partial charge is 0.481 e. The first kappa shape index (κ1) is 23.6. The van der Waals surface area contributed by atoms with Gasteiger partial charge in [0, 0.05) is 6.42 Å². The van der Waals surface area contributed by atoms with Crippen molar-refractivity contribution in [2.45, 2.75) is 83.0 Å². The van der Waals surface area contributed by atoms with Gasteiger partial charge in [-0.1, -0.05) is 56.2 Å². The SMILES string of the molecule is CCCCCC=CCC(O)C=CC(O)C(O)CC=CCCCC(=O)O. The summed E-state index contributed by atoms with van der Waals surface area (Å²) in [5.74, 6) is -0.816. The van der Waals surface area contributed by atoms with Gasteiger partial charge in [0.05, 0.1) is 18.3 Å². The van der Waals surface area contributed by atoms with Crippen molar-refractivity contribution in [2.24, 2.45) is 0 Å². The maximum absolute atomic E-state index is 10.4. The number of aliphatic carboxylic acids is 1. The molecule has 0 saturated carbocycles. The number of aliphatic hydroxyl groups excluding tert-OH is 3. The van der Waals surface area contributed by atoms with Crippen molar-refractivity contribution in [3.05, 3.63) is 36.5 Å². The van der Waals surface area contributed by atoms with E-state index in [4.69, 9.17) is 5.11 Å². The predicted octanol–water partition coefficient (Wildman–Crippen LogP) is 3.35. The fourth-order valence-electron chi connectivity index (χ4n) is 2.18. The number of hydrogen-bond donors (Lipinski definition) is 4. The van der Waals surface area contributed by atoms with Gasteiger partial charge in [0.2, 0.25) is 0 Å². The van der Waals surface area contributed by atoms with Crippen molar-refractivity contribution in [1.82, 2.24) is 0 Å². The van der Waals surface area contributed by atoms with Crippen molar-refractivity contribution in [2.75, 3.05) is 0 Å². The molecule has 0 heterocycles. The Morgan fingerprint density at radius 2 is 1.52 bits per heavy atom. The molecule has 0 aromatic heterocycles. The molecule has 3 unspecified atom stereocenters. The van der Waals surface area contributed by atoms with Gasteiger partial charge < -0.3 is 20.4 Å². The van der Waals surface area contributed by atoms with E-state index in [1.807, 2.05) is 6.08 Å². The number of unbranched alkanes of at least 4 members (excludes halogenated alkanes) is 4. The van der Waals surface area contributed by atoms with Crippen molar-refractivity contribution in [1.29, 1.82) is 0 Å². The molecule has 0 amide bonds. The molecule has 0 saturated heterocycles. The van der Waals surface area contributed by atoms with Gasteiger partial charge in [0.15, 0.2) is 0 Å². The summed E-state index contributed by atoms with van der Waals surface area (Å²) < 4.78 is 0. The third kappa shape index (κ3) is 15.8. The van der Waals surface area contributed by atoms with E-state index in [1.54, 1.807) is 12.2 Å². The Bertz CT molecular complexity index is 414. The molecule has 0 fully saturated rings. The topological polar surface area (TPSA) is 98.0 Å². The number of carbonyl (C=O) groups is 1. The van der Waals surface area contributed by atoms with Crippen molar-refractivity contribution < 1.29 is 25.2 Å². The Hall–Kier alpha value is -1.43. The van der Waals surface area contributed by atoms with Crippen LogP contribution in [-0.4, -0.2) is 44.7 Å². The normalized spacial score (nSPS) is 16.0. The van der Waals surface area contributed by atoms with Crippen LogP contribution in [0.4, 0.5) is 0 Å². The second kappa shape index (κ2) is 16.1. The fourth-order valence-corrected chi connectivity index (χ4v) is 2.18. The lowest BCUT2D eigenvalue weighted by atomic mass is 10.1. The third-order valence-electron chi connectivity index (χ3n) is 3.75. The van der Waals surface area contributed by atoms with E-state index in [9.17, 15) is 20.1 Å². The number of aliphatic hydroxyl groups is 3. The summed E-state index contributed by atoms with van der Waals surface area (Å²) >= 11 is 0. The van der Waals surface area contributed by atoms with Crippen molar-refractivity contribution >= 4 is 5.97 Å². The monoisotopic (exact) mass is 354 g/mol. The van der Waals surface area contributed by atoms with Crippen LogP contribution in [0.1, 0.15) is 64.7 Å². The number of allylic oxidation sites excluding steroid dienone is 2. The molecule has 0 rings (SSSR count). The molecule has 0 aliphatic rings. The molecule has 0 aliphatic carbocycles. The standard InChI is InChI=1S/C20H34O5/c1-2-3-4-5-6-9-12-17(21)15-16-19(23)18(22)13-10-7-8-11-14-20(24)25/h6-7,9-10,15-19,21-23H,2-5,8,11-14H2,1H3,(H,24,25). The second-order valence-corrected chi connectivity index (χ2v) is 6.21. The van der Waals surface area contributed by atoms with Crippen LogP contribution >= 0.6 is 0 Å². The summed E-state index contributed by atoms with van der Waals surface area (Å²) in [5.41, 5.74) is 0. The molecule has 0 aromatic rings. The molecule has 0 aromatic carbocycles. The maximum Gasteiger partial charge on any atom is 0.303 e. The van der Waals surface area contributed by atoms with E-state index < -0.39 is 24.3 Å². The fraction of sp³-hybridized carbons (Fsp3) is 0.650. The van der Waals surface area contributed by atoms with Gasteiger partial charge in [-0.2, -0.15) is 0 Å². The zero-order valence-corrected chi connectivity index (χ0v) is 15.3. The average Bonchev–Trinajstić information content (AvgIpc) is 2.58. The average molecular weight is 354 g/mol. The minimum atomic E-state index is -1.04. The molecular formula is C20H34O5. The van der Waals surface area contributed by atoms with E-state index in [2.05, 4.69) is 13.0 Å². The zero-order chi connectivity index (χ0) is 18.9. The van der Waals surface area contributed by atoms with Gasteiger partial charge in [-0.25, -0.2) is 0 Å². The molecule has 0 spiro atoms. The maximum atomic E-state index is 10.4. The Morgan fingerprint density at radius 3 is 2.16 bits per heavy atom. The van der Waals surface area contributed by atoms with Crippen LogP contribution in [0.15, 0.2) is 36.5 Å². The van der Waals surface area contributed by atoms with Gasteiger partial charge in [0.1, 0.15) is 0 Å². The lowest BCUT2D eigenvalue weighted by molar-refractivity contribution is -0.137. The van der Waals surface area contributed by atoms with E-state index >= 15 is 0 Å². The zero-order valence-electron chi connectivity index (χ0n) is 15.3. The third-order valence-corrected chi connectivity index (χ3v) is 3.75. The summed E-state index contributed by atoms with van der Waals surface area (Å²) in [6.07, 6.45) is 14.5. The van der Waals surface area contributed by atoms with Crippen LogP contribution in [0.5, 0.6) is 0 Å². The first-order valence-electron chi connectivity index (χ1n) is 9.21. The summed E-state index contributed by atoms with van der Waals surface area (Å²) in [4.78, 5) is 10.4. The van der Waals surface area contributed by atoms with Crippen LogP contribution < -0.4 is 0 Å². The second-order valence-electron chi connectivity index (χ2n) is 6.21. The molecular weight excluding hydrogens is 320 g/mol. The number of carboxylic acids is 1. The molecule has 3 atom stereocenters. The molecule has 25 heavy (non-hydrogen) atoms. The van der Waals surface area contributed by atoms with Gasteiger partial charge in [-0.3, -0.25) is 4.79 Å². The number of carboxylic acid groups (broad SMARTS) is 1. The molecule has 0 aliphatic heterocycles. The van der Waals surface area contributed by atoms with Crippen LogP contribution in [0.25, 0.3) is 0 Å². The molecule has 5 heteroatoms.